The number of hydrogen-bond donors (Lipinski definition) is 1. The van der Waals surface area contributed by atoms with Crippen LogP contribution in [0.3, 0.4) is 0 Å². The molecule has 9 aromatic rings. The third-order valence-electron chi connectivity index (χ3n) is 9.68. The van der Waals surface area contributed by atoms with Crippen molar-refractivity contribution in [3.63, 3.8) is 0 Å². The summed E-state index contributed by atoms with van der Waals surface area (Å²) in [6.07, 6.45) is 0. The summed E-state index contributed by atoms with van der Waals surface area (Å²) >= 11 is 6.72. The largest absolute Gasteiger partial charge is 0.354 e. The van der Waals surface area contributed by atoms with Gasteiger partial charge in [0, 0.05) is 43.8 Å². The van der Waals surface area contributed by atoms with E-state index in [0.29, 0.717) is 5.02 Å². The zero-order valence-electron chi connectivity index (χ0n) is 27.8. The fourth-order valence-corrected chi connectivity index (χ4v) is 7.50. The smallest absolute Gasteiger partial charge is 0.0540 e. The molecule has 0 aliphatic carbocycles. The van der Waals surface area contributed by atoms with Gasteiger partial charge in [-0.15, -0.1) is 0 Å². The highest BCUT2D eigenvalue weighted by atomic mass is 35.5. The second-order valence-corrected chi connectivity index (χ2v) is 13.2. The van der Waals surface area contributed by atoms with E-state index in [2.05, 4.69) is 186 Å². The molecule has 0 fully saturated rings. The minimum absolute atomic E-state index is 0.682. The van der Waals surface area contributed by atoms with Crippen LogP contribution in [0.25, 0.3) is 65.6 Å². The Morgan fingerprint density at radius 1 is 0.353 bits per heavy atom. The maximum atomic E-state index is 6.72. The van der Waals surface area contributed by atoms with Crippen molar-refractivity contribution in [3.05, 3.63) is 199 Å². The van der Waals surface area contributed by atoms with Crippen LogP contribution in [-0.2, 0) is 0 Å². The summed E-state index contributed by atoms with van der Waals surface area (Å²) in [6.45, 7) is 0. The van der Waals surface area contributed by atoms with Crippen molar-refractivity contribution in [2.45, 2.75) is 0 Å². The number of halogens is 1. The molecule has 0 unspecified atom stereocenters. The highest BCUT2D eigenvalue weighted by molar-refractivity contribution is 6.31. The van der Waals surface area contributed by atoms with Gasteiger partial charge < -0.3 is 9.88 Å². The number of nitrogens with one attached hydrogen (secondary N) is 1. The monoisotopic (exact) mass is 672 g/mol. The molecule has 9 rings (SSSR count). The van der Waals surface area contributed by atoms with Crippen LogP contribution in [0.4, 0.5) is 17.1 Å². The predicted octanol–water partition coefficient (Wildman–Crippen LogP) is 14.2. The number of fused-ring (bicyclic) bond motifs is 7. The fourth-order valence-electron chi connectivity index (χ4n) is 7.32. The Balaban J connectivity index is 1.37. The van der Waals surface area contributed by atoms with Crippen molar-refractivity contribution < 1.29 is 0 Å². The van der Waals surface area contributed by atoms with Crippen LogP contribution in [0.1, 0.15) is 0 Å². The maximum absolute atomic E-state index is 6.72. The molecule has 0 spiro atoms. The van der Waals surface area contributed by atoms with Gasteiger partial charge in [0.25, 0.3) is 0 Å². The molecule has 8 aromatic carbocycles. The number of anilines is 3. The van der Waals surface area contributed by atoms with Gasteiger partial charge in [0.15, 0.2) is 0 Å². The quantitative estimate of drug-likeness (QED) is 0.193. The highest BCUT2D eigenvalue weighted by Crippen LogP contribution is 2.44. The average Bonchev–Trinajstić information content (AvgIpc) is 3.24. The third-order valence-corrected chi connectivity index (χ3v) is 9.91. The van der Waals surface area contributed by atoms with E-state index >= 15 is 0 Å². The van der Waals surface area contributed by atoms with Gasteiger partial charge in [-0.05, 0) is 86.8 Å². The van der Waals surface area contributed by atoms with E-state index in [0.717, 1.165) is 55.6 Å². The zero-order valence-corrected chi connectivity index (χ0v) is 28.6. The second-order valence-electron chi connectivity index (χ2n) is 12.8. The number of nitrogens with zero attached hydrogens (tertiary/aromatic N) is 1. The first-order valence-corrected chi connectivity index (χ1v) is 17.6. The minimum atomic E-state index is 0.682. The zero-order chi connectivity index (χ0) is 34.1. The Labute approximate surface area is 302 Å². The topological polar surface area (TPSA) is 19.0 Å². The summed E-state index contributed by atoms with van der Waals surface area (Å²) in [6, 6.07) is 68.8. The summed E-state index contributed by atoms with van der Waals surface area (Å²) in [5, 5.41) is 7.78. The van der Waals surface area contributed by atoms with Crippen molar-refractivity contribution in [1.29, 1.82) is 0 Å². The number of aromatic nitrogens is 1. The van der Waals surface area contributed by atoms with Gasteiger partial charge in [0.2, 0.25) is 0 Å². The predicted molar refractivity (Wildman–Crippen MR) is 219 cm³/mol. The first-order valence-electron chi connectivity index (χ1n) is 17.2. The number of para-hydroxylation sites is 1. The van der Waals surface area contributed by atoms with Gasteiger partial charge in [-0.25, -0.2) is 0 Å². The molecule has 1 aromatic heterocycles. The Kier molecular flexibility index (Phi) is 7.92. The maximum Gasteiger partial charge on any atom is 0.0540 e. The lowest BCUT2D eigenvalue weighted by Crippen LogP contribution is -2.11. The lowest BCUT2D eigenvalue weighted by Gasteiger charge is -2.28. The van der Waals surface area contributed by atoms with E-state index in [4.69, 9.17) is 11.6 Å². The van der Waals surface area contributed by atoms with E-state index < -0.39 is 0 Å². The molecule has 242 valence electrons. The fraction of sp³-hybridized carbons (Fsp3) is 0. The Morgan fingerprint density at radius 3 is 1.57 bits per heavy atom. The summed E-state index contributed by atoms with van der Waals surface area (Å²) in [7, 11) is 0. The Hall–Kier alpha value is -6.35. The van der Waals surface area contributed by atoms with Crippen molar-refractivity contribution in [1.82, 2.24) is 4.98 Å². The molecule has 51 heavy (non-hydrogen) atoms. The van der Waals surface area contributed by atoms with Gasteiger partial charge in [-0.1, -0.05) is 157 Å². The molecule has 0 saturated heterocycles. The molecule has 2 nitrogen and oxygen atoms in total. The van der Waals surface area contributed by atoms with Crippen LogP contribution in [-0.4, -0.2) is 4.98 Å². The van der Waals surface area contributed by atoms with E-state index in [-0.39, 0.29) is 0 Å². The van der Waals surface area contributed by atoms with E-state index in [1.165, 1.54) is 27.1 Å². The van der Waals surface area contributed by atoms with Crippen LogP contribution < -0.4 is 4.90 Å². The molecule has 1 heterocycles. The van der Waals surface area contributed by atoms with E-state index in [1.807, 2.05) is 18.2 Å². The van der Waals surface area contributed by atoms with E-state index in [9.17, 15) is 0 Å². The number of benzene rings is 8. The number of aromatic amines is 1. The van der Waals surface area contributed by atoms with Crippen molar-refractivity contribution in [2.75, 3.05) is 4.90 Å². The van der Waals surface area contributed by atoms with Crippen LogP contribution in [0.5, 0.6) is 0 Å². The molecule has 0 saturated carbocycles. The first kappa shape index (κ1) is 30.7. The number of H-pyrrole nitrogens is 1. The number of hydrogen-bond acceptors (Lipinski definition) is 1. The van der Waals surface area contributed by atoms with E-state index in [1.54, 1.807) is 0 Å². The molecular weight excluding hydrogens is 640 g/mol. The molecule has 3 heteroatoms. The molecule has 0 aliphatic rings. The molecular formula is C48H33ClN2. The second kappa shape index (κ2) is 13.2. The summed E-state index contributed by atoms with van der Waals surface area (Å²) in [5.41, 5.74) is 9.72. The van der Waals surface area contributed by atoms with Gasteiger partial charge >= 0.3 is 0 Å². The van der Waals surface area contributed by atoms with Gasteiger partial charge in [0.05, 0.1) is 5.69 Å². The standard InChI is InChI=1S/C48H33ClN2/c49-36-18-13-19-37(31-36)51(48-29-26-35(33-14-3-1-4-15-33)30-45(48)34-16-5-2-6-17-34)38-27-28-44-42-23-10-8-21-40(42)39-20-7-9-22-41(39)43-24-11-12-25-46(43)50-47(44)32-38/h1-32,50H. The molecule has 0 amide bonds. The molecule has 0 atom stereocenters. The Morgan fingerprint density at radius 2 is 0.902 bits per heavy atom. The molecule has 0 aliphatic heterocycles. The van der Waals surface area contributed by atoms with Gasteiger partial charge in [-0.2, -0.15) is 0 Å². The summed E-state index contributed by atoms with van der Waals surface area (Å²) in [5.74, 6) is 0. The minimum Gasteiger partial charge on any atom is -0.354 e. The molecule has 1 N–H and O–H groups in total. The number of rotatable bonds is 5. The lowest BCUT2D eigenvalue weighted by molar-refractivity contribution is 1.29. The average molecular weight is 673 g/mol. The van der Waals surface area contributed by atoms with Crippen LogP contribution >= 0.6 is 11.6 Å². The van der Waals surface area contributed by atoms with Crippen molar-refractivity contribution in [3.8, 4) is 22.3 Å². The molecule has 0 radical (unpaired) electrons. The molecule has 0 bridgehead atoms. The summed E-state index contributed by atoms with van der Waals surface area (Å²) in [4.78, 5) is 6.22. The van der Waals surface area contributed by atoms with Gasteiger partial charge in [-0.3, -0.25) is 0 Å². The van der Waals surface area contributed by atoms with Gasteiger partial charge in [0.1, 0.15) is 0 Å². The normalized spacial score (nSPS) is 11.2. The van der Waals surface area contributed by atoms with Crippen LogP contribution in [0, 0.1) is 0 Å². The van der Waals surface area contributed by atoms with Crippen molar-refractivity contribution in [2.24, 2.45) is 0 Å². The lowest BCUT2D eigenvalue weighted by atomic mass is 9.96. The highest BCUT2D eigenvalue weighted by Gasteiger charge is 2.19. The third kappa shape index (κ3) is 5.76. The summed E-state index contributed by atoms with van der Waals surface area (Å²) < 4.78 is 0. The van der Waals surface area contributed by atoms with Crippen LogP contribution in [0.15, 0.2) is 194 Å². The van der Waals surface area contributed by atoms with Crippen molar-refractivity contribution >= 4 is 72.0 Å². The Bertz CT molecular complexity index is 2770. The first-order chi connectivity index (χ1) is 25.2. The SMILES string of the molecule is Clc1cccc(N(c2ccc3c(c2)[nH]c2ccccc2c2ccccc2c2ccccc32)c2ccc(-c3ccccc3)cc2-c2ccccc2)c1. The van der Waals surface area contributed by atoms with Crippen LogP contribution in [0.2, 0.25) is 5.02 Å².